The van der Waals surface area contributed by atoms with Crippen molar-refractivity contribution in [2.45, 2.75) is 56.1 Å². The predicted molar refractivity (Wildman–Crippen MR) is 103 cm³/mol. The van der Waals surface area contributed by atoms with E-state index in [1.807, 2.05) is 6.26 Å². The van der Waals surface area contributed by atoms with Crippen molar-refractivity contribution in [1.29, 1.82) is 0 Å². The highest BCUT2D eigenvalue weighted by Crippen LogP contribution is 2.26. The Bertz CT molecular complexity index is 689. The molecule has 1 aliphatic rings. The van der Waals surface area contributed by atoms with Gasteiger partial charge in [-0.2, -0.15) is 0 Å². The summed E-state index contributed by atoms with van der Waals surface area (Å²) in [6.45, 7) is 1.42. The molecule has 0 heterocycles. The van der Waals surface area contributed by atoms with Gasteiger partial charge in [0.25, 0.3) is 5.91 Å². The number of hydrogen-bond acceptors (Lipinski definition) is 6. The molecule has 0 aliphatic heterocycles. The zero-order valence-electron chi connectivity index (χ0n) is 15.9. The third-order valence-electron chi connectivity index (χ3n) is 4.46. The zero-order valence-corrected chi connectivity index (χ0v) is 16.7. The maximum atomic E-state index is 12.4. The number of hydrogen-bond donors (Lipinski definition) is 2. The molecule has 7 nitrogen and oxygen atoms in total. The number of urea groups is 1. The second kappa shape index (κ2) is 10.2. The van der Waals surface area contributed by atoms with Crippen LogP contribution in [0.2, 0.25) is 0 Å². The molecule has 1 aliphatic carbocycles. The topological polar surface area (TPSA) is 93.7 Å². The molecule has 1 aromatic rings. The van der Waals surface area contributed by atoms with Gasteiger partial charge in [-0.1, -0.05) is 19.3 Å². The third-order valence-corrected chi connectivity index (χ3v) is 5.18. The van der Waals surface area contributed by atoms with Gasteiger partial charge in [0, 0.05) is 10.9 Å². The largest absolute Gasteiger partial charge is 0.496 e. The molecule has 2 N–H and O–H groups in total. The summed E-state index contributed by atoms with van der Waals surface area (Å²) in [7, 11) is 1.46. The van der Waals surface area contributed by atoms with Gasteiger partial charge < -0.3 is 14.8 Å². The van der Waals surface area contributed by atoms with Crippen molar-refractivity contribution >= 4 is 29.7 Å². The second-order valence-corrected chi connectivity index (χ2v) is 7.29. The van der Waals surface area contributed by atoms with Crippen molar-refractivity contribution in [3.05, 3.63) is 23.8 Å². The molecule has 1 atom stereocenters. The molecule has 1 saturated carbocycles. The summed E-state index contributed by atoms with van der Waals surface area (Å²) in [5.74, 6) is -0.985. The highest BCUT2D eigenvalue weighted by atomic mass is 32.2. The molecule has 0 aromatic heterocycles. The maximum absolute atomic E-state index is 12.4. The van der Waals surface area contributed by atoms with E-state index in [1.54, 1.807) is 18.2 Å². The van der Waals surface area contributed by atoms with E-state index in [0.29, 0.717) is 5.75 Å². The fourth-order valence-electron chi connectivity index (χ4n) is 2.93. The van der Waals surface area contributed by atoms with E-state index in [1.165, 1.54) is 32.2 Å². The SMILES string of the molecule is COc1cc(SC)ccc1C(=O)O[C@H](C)C(=O)NC(=O)NC1CCCCC1. The number of methoxy groups -OCH3 is 1. The van der Waals surface area contributed by atoms with Crippen LogP contribution < -0.4 is 15.4 Å². The number of esters is 1. The average Bonchev–Trinajstić information content (AvgIpc) is 2.67. The Morgan fingerprint density at radius 1 is 1.19 bits per heavy atom. The van der Waals surface area contributed by atoms with Crippen LogP contribution >= 0.6 is 11.8 Å². The van der Waals surface area contributed by atoms with Crippen molar-refractivity contribution in [3.63, 3.8) is 0 Å². The van der Waals surface area contributed by atoms with Gasteiger partial charge in [-0.15, -0.1) is 11.8 Å². The molecule has 1 fully saturated rings. The molecule has 148 valence electrons. The number of nitrogens with one attached hydrogen (secondary N) is 2. The van der Waals surface area contributed by atoms with E-state index < -0.39 is 24.0 Å². The summed E-state index contributed by atoms with van der Waals surface area (Å²) < 4.78 is 10.4. The van der Waals surface area contributed by atoms with Gasteiger partial charge in [-0.05, 0) is 44.2 Å². The second-order valence-electron chi connectivity index (χ2n) is 6.41. The molecule has 0 radical (unpaired) electrons. The molecular formula is C19H26N2O5S. The van der Waals surface area contributed by atoms with Crippen LogP contribution in [0.4, 0.5) is 4.79 Å². The van der Waals surface area contributed by atoms with E-state index in [2.05, 4.69) is 10.6 Å². The van der Waals surface area contributed by atoms with E-state index in [0.717, 1.165) is 30.6 Å². The molecule has 3 amide bonds. The van der Waals surface area contributed by atoms with Gasteiger partial charge in [-0.3, -0.25) is 10.1 Å². The number of carbonyl (C=O) groups excluding carboxylic acids is 3. The first-order valence-corrected chi connectivity index (χ1v) is 10.2. The van der Waals surface area contributed by atoms with Gasteiger partial charge in [0.1, 0.15) is 11.3 Å². The van der Waals surface area contributed by atoms with Crippen LogP contribution in [0.3, 0.4) is 0 Å². The smallest absolute Gasteiger partial charge is 0.342 e. The summed E-state index contributed by atoms with van der Waals surface area (Å²) in [4.78, 5) is 37.4. The normalized spacial score (nSPS) is 15.5. The maximum Gasteiger partial charge on any atom is 0.342 e. The van der Waals surface area contributed by atoms with Crippen LogP contribution in [0.5, 0.6) is 5.75 Å². The van der Waals surface area contributed by atoms with Crippen LogP contribution in [-0.4, -0.2) is 43.4 Å². The number of rotatable bonds is 6. The molecular weight excluding hydrogens is 368 g/mol. The van der Waals surface area contributed by atoms with Gasteiger partial charge in [0.05, 0.1) is 7.11 Å². The number of ether oxygens (including phenoxy) is 2. The standard InChI is InChI=1S/C19H26N2O5S/c1-12(17(22)21-19(24)20-13-7-5-4-6-8-13)26-18(23)15-10-9-14(27-3)11-16(15)25-2/h9-13H,4-8H2,1-3H3,(H2,20,21,22,24)/t12-/m1/s1. The quantitative estimate of drug-likeness (QED) is 0.569. The van der Waals surface area contributed by atoms with Crippen molar-refractivity contribution < 1.29 is 23.9 Å². The Balaban J connectivity index is 1.89. The summed E-state index contributed by atoms with van der Waals surface area (Å²) in [5, 5.41) is 5.02. The first-order chi connectivity index (χ1) is 12.9. The van der Waals surface area contributed by atoms with Crippen LogP contribution in [0, 0.1) is 0 Å². The Hall–Kier alpha value is -2.22. The number of carbonyl (C=O) groups is 3. The Morgan fingerprint density at radius 2 is 1.89 bits per heavy atom. The number of imide groups is 1. The monoisotopic (exact) mass is 394 g/mol. The predicted octanol–water partition coefficient (Wildman–Crippen LogP) is 3.12. The lowest BCUT2D eigenvalue weighted by Crippen LogP contribution is -2.48. The molecule has 27 heavy (non-hydrogen) atoms. The van der Waals surface area contributed by atoms with E-state index >= 15 is 0 Å². The van der Waals surface area contributed by atoms with E-state index in [4.69, 9.17) is 9.47 Å². The molecule has 0 unspecified atom stereocenters. The van der Waals surface area contributed by atoms with Gasteiger partial charge in [0.2, 0.25) is 0 Å². The molecule has 0 spiro atoms. The molecule has 8 heteroatoms. The van der Waals surface area contributed by atoms with Crippen molar-refractivity contribution in [1.82, 2.24) is 10.6 Å². The van der Waals surface area contributed by atoms with Gasteiger partial charge >= 0.3 is 12.0 Å². The lowest BCUT2D eigenvalue weighted by atomic mass is 9.96. The Labute approximate surface area is 163 Å². The summed E-state index contributed by atoms with van der Waals surface area (Å²) in [6, 6.07) is 4.61. The third kappa shape index (κ3) is 6.16. The summed E-state index contributed by atoms with van der Waals surface area (Å²) in [6.07, 6.45) is 5.95. The molecule has 2 rings (SSSR count). The highest BCUT2D eigenvalue weighted by molar-refractivity contribution is 7.98. The fourth-order valence-corrected chi connectivity index (χ4v) is 3.36. The minimum atomic E-state index is -1.11. The summed E-state index contributed by atoms with van der Waals surface area (Å²) in [5.41, 5.74) is 0.224. The molecule has 1 aromatic carbocycles. The van der Waals surface area contributed by atoms with Crippen molar-refractivity contribution in [2.24, 2.45) is 0 Å². The van der Waals surface area contributed by atoms with E-state index in [-0.39, 0.29) is 11.6 Å². The van der Waals surface area contributed by atoms with Gasteiger partial charge in [-0.25, -0.2) is 9.59 Å². The first-order valence-electron chi connectivity index (χ1n) is 8.99. The number of thioether (sulfide) groups is 1. The minimum absolute atomic E-state index is 0.0867. The minimum Gasteiger partial charge on any atom is -0.496 e. The average molecular weight is 394 g/mol. The Kier molecular flexibility index (Phi) is 7.97. The number of benzene rings is 1. The lowest BCUT2D eigenvalue weighted by Gasteiger charge is -2.23. The van der Waals surface area contributed by atoms with Gasteiger partial charge in [0.15, 0.2) is 6.10 Å². The summed E-state index contributed by atoms with van der Waals surface area (Å²) >= 11 is 1.52. The first kappa shape index (κ1) is 21.1. The molecule has 0 bridgehead atoms. The van der Waals surface area contributed by atoms with Crippen LogP contribution in [0.15, 0.2) is 23.1 Å². The highest BCUT2D eigenvalue weighted by Gasteiger charge is 2.24. The fraction of sp³-hybridized carbons (Fsp3) is 0.526. The molecule has 0 saturated heterocycles. The Morgan fingerprint density at radius 3 is 2.52 bits per heavy atom. The van der Waals surface area contributed by atoms with Crippen molar-refractivity contribution in [2.75, 3.05) is 13.4 Å². The van der Waals surface area contributed by atoms with Crippen LogP contribution in [0.25, 0.3) is 0 Å². The van der Waals surface area contributed by atoms with Crippen LogP contribution in [0.1, 0.15) is 49.4 Å². The number of amides is 3. The van der Waals surface area contributed by atoms with Crippen molar-refractivity contribution in [3.8, 4) is 5.75 Å². The lowest BCUT2D eigenvalue weighted by molar-refractivity contribution is -0.127. The van der Waals surface area contributed by atoms with Crippen LogP contribution in [-0.2, 0) is 9.53 Å². The van der Waals surface area contributed by atoms with E-state index in [9.17, 15) is 14.4 Å². The zero-order chi connectivity index (χ0) is 19.8.